The number of hydrogen-bond donors (Lipinski definition) is 1. The molecular weight excluding hydrogens is 390 g/mol. The number of carbonyl (C=O) groups excluding carboxylic acids is 3. The van der Waals surface area contributed by atoms with Crippen LogP contribution in [0, 0.1) is 5.41 Å². The van der Waals surface area contributed by atoms with Crippen molar-refractivity contribution in [3.8, 4) is 5.75 Å². The molecule has 3 aliphatic heterocycles. The number of fused-ring (bicyclic) bond motifs is 1. The van der Waals surface area contributed by atoms with Gasteiger partial charge in [0.1, 0.15) is 11.8 Å². The summed E-state index contributed by atoms with van der Waals surface area (Å²) in [4.78, 5) is 53.0. The highest BCUT2D eigenvalue weighted by atomic mass is 16.5. The van der Waals surface area contributed by atoms with Crippen molar-refractivity contribution in [3.63, 3.8) is 0 Å². The summed E-state index contributed by atoms with van der Waals surface area (Å²) in [6.45, 7) is 2.80. The molecule has 1 atom stereocenters. The number of piperidine rings is 1. The van der Waals surface area contributed by atoms with Crippen molar-refractivity contribution < 1.29 is 29.0 Å². The Balaban J connectivity index is 1.46. The normalized spacial score (nSPS) is 22.7. The lowest BCUT2D eigenvalue weighted by Gasteiger charge is -2.39. The fourth-order valence-electron chi connectivity index (χ4n) is 4.74. The third kappa shape index (κ3) is 3.38. The van der Waals surface area contributed by atoms with Gasteiger partial charge in [-0.3, -0.25) is 14.4 Å². The largest absolute Gasteiger partial charge is 0.482 e. The molecule has 3 amide bonds. The van der Waals surface area contributed by atoms with Crippen molar-refractivity contribution in [2.75, 3.05) is 38.2 Å². The first-order valence-electron chi connectivity index (χ1n) is 10.0. The molecule has 1 unspecified atom stereocenters. The molecule has 3 heterocycles. The number of carboxylic acids is 1. The summed E-state index contributed by atoms with van der Waals surface area (Å²) in [5.74, 6) is -0.934. The van der Waals surface area contributed by atoms with E-state index in [0.717, 1.165) is 0 Å². The molecule has 9 nitrogen and oxygen atoms in total. The highest BCUT2D eigenvalue weighted by Gasteiger charge is 2.49. The zero-order chi connectivity index (χ0) is 21.6. The van der Waals surface area contributed by atoms with Gasteiger partial charge in [-0.15, -0.1) is 0 Å². The van der Waals surface area contributed by atoms with Gasteiger partial charge in [0.25, 0.3) is 11.8 Å². The molecule has 2 fully saturated rings. The molecule has 1 spiro atoms. The van der Waals surface area contributed by atoms with Crippen LogP contribution in [0.2, 0.25) is 0 Å². The van der Waals surface area contributed by atoms with Gasteiger partial charge in [0.2, 0.25) is 5.91 Å². The third-order valence-corrected chi connectivity index (χ3v) is 6.60. The van der Waals surface area contributed by atoms with Gasteiger partial charge < -0.3 is 24.5 Å². The van der Waals surface area contributed by atoms with Gasteiger partial charge in [0, 0.05) is 39.2 Å². The van der Waals surface area contributed by atoms with Crippen LogP contribution in [0.25, 0.3) is 0 Å². The van der Waals surface area contributed by atoms with Crippen LogP contribution in [0.3, 0.4) is 0 Å². The Hall–Kier alpha value is -3.10. The van der Waals surface area contributed by atoms with Gasteiger partial charge in [0.15, 0.2) is 6.61 Å². The van der Waals surface area contributed by atoms with Crippen LogP contribution in [-0.4, -0.2) is 77.9 Å². The van der Waals surface area contributed by atoms with Gasteiger partial charge >= 0.3 is 5.97 Å². The molecular formula is C21H25N3O6. The second kappa shape index (κ2) is 7.30. The molecule has 0 saturated carbocycles. The van der Waals surface area contributed by atoms with E-state index in [-0.39, 0.29) is 29.7 Å². The molecule has 3 aliphatic rings. The summed E-state index contributed by atoms with van der Waals surface area (Å²) in [7, 11) is 1.66. The van der Waals surface area contributed by atoms with E-state index in [9.17, 15) is 24.3 Å². The third-order valence-electron chi connectivity index (χ3n) is 6.60. The van der Waals surface area contributed by atoms with Crippen molar-refractivity contribution in [2.45, 2.75) is 32.2 Å². The average Bonchev–Trinajstić information content (AvgIpc) is 3.11. The predicted molar refractivity (Wildman–Crippen MR) is 106 cm³/mol. The van der Waals surface area contributed by atoms with Crippen LogP contribution in [-0.2, 0) is 14.4 Å². The molecule has 4 rings (SSSR count). The lowest BCUT2D eigenvalue weighted by Crippen LogP contribution is -2.44. The second-order valence-electron chi connectivity index (χ2n) is 8.42. The van der Waals surface area contributed by atoms with Gasteiger partial charge in [-0.25, -0.2) is 4.79 Å². The number of likely N-dealkylation sites (N-methyl/N-ethyl adjacent to an activating group) is 1. The number of nitrogens with zero attached hydrogens (tertiary/aromatic N) is 3. The van der Waals surface area contributed by atoms with E-state index in [0.29, 0.717) is 55.9 Å². The van der Waals surface area contributed by atoms with Crippen molar-refractivity contribution >= 4 is 29.4 Å². The fraction of sp³-hybridized carbons (Fsp3) is 0.524. The highest BCUT2D eigenvalue weighted by molar-refractivity contribution is 6.01. The Kier molecular flexibility index (Phi) is 4.91. The SMILES string of the molecule is CC(=O)N1CC2(CCN(C(=O)c3ccc4c(c3)N(C)C(=O)CO4)CC2)CC1C(=O)O. The summed E-state index contributed by atoms with van der Waals surface area (Å²) in [5.41, 5.74) is 0.791. The number of amides is 3. The van der Waals surface area contributed by atoms with Gasteiger partial charge in [-0.1, -0.05) is 0 Å². The predicted octanol–water partition coefficient (Wildman–Crippen LogP) is 0.970. The van der Waals surface area contributed by atoms with E-state index in [1.54, 1.807) is 30.1 Å². The van der Waals surface area contributed by atoms with E-state index >= 15 is 0 Å². The zero-order valence-electron chi connectivity index (χ0n) is 17.1. The van der Waals surface area contributed by atoms with E-state index < -0.39 is 12.0 Å². The van der Waals surface area contributed by atoms with E-state index in [4.69, 9.17) is 4.74 Å². The van der Waals surface area contributed by atoms with Crippen LogP contribution in [0.4, 0.5) is 5.69 Å². The molecule has 9 heteroatoms. The summed E-state index contributed by atoms with van der Waals surface area (Å²) in [5, 5.41) is 9.48. The monoisotopic (exact) mass is 415 g/mol. The van der Waals surface area contributed by atoms with Crippen molar-refractivity contribution in [2.24, 2.45) is 5.41 Å². The second-order valence-corrected chi connectivity index (χ2v) is 8.42. The number of carboxylic acid groups (broad SMARTS) is 1. The number of anilines is 1. The number of carbonyl (C=O) groups is 4. The molecule has 0 aromatic heterocycles. The van der Waals surface area contributed by atoms with Gasteiger partial charge in [-0.05, 0) is 42.9 Å². The van der Waals surface area contributed by atoms with Crippen LogP contribution in [0.15, 0.2) is 18.2 Å². The first kappa shape index (κ1) is 20.2. The Bertz CT molecular complexity index is 897. The van der Waals surface area contributed by atoms with E-state index in [2.05, 4.69) is 0 Å². The van der Waals surface area contributed by atoms with Crippen LogP contribution in [0.5, 0.6) is 5.75 Å². The molecule has 0 aliphatic carbocycles. The number of hydrogen-bond acceptors (Lipinski definition) is 5. The van der Waals surface area contributed by atoms with Crippen molar-refractivity contribution in [1.82, 2.24) is 9.80 Å². The molecule has 30 heavy (non-hydrogen) atoms. The first-order chi connectivity index (χ1) is 14.2. The smallest absolute Gasteiger partial charge is 0.326 e. The molecule has 0 radical (unpaired) electrons. The maximum absolute atomic E-state index is 13.0. The number of likely N-dealkylation sites (tertiary alicyclic amines) is 2. The van der Waals surface area contributed by atoms with Crippen molar-refractivity contribution in [1.29, 1.82) is 0 Å². The maximum Gasteiger partial charge on any atom is 0.326 e. The molecule has 0 bridgehead atoms. The summed E-state index contributed by atoms with van der Waals surface area (Å²) in [6.07, 6.45) is 1.73. The van der Waals surface area contributed by atoms with E-state index in [1.165, 1.54) is 16.7 Å². The summed E-state index contributed by atoms with van der Waals surface area (Å²) < 4.78 is 5.41. The van der Waals surface area contributed by atoms with Gasteiger partial charge in [-0.2, -0.15) is 0 Å². The molecule has 1 aromatic rings. The number of ether oxygens (including phenoxy) is 1. The molecule has 160 valence electrons. The minimum absolute atomic E-state index is 0.0143. The average molecular weight is 415 g/mol. The lowest BCUT2D eigenvalue weighted by molar-refractivity contribution is -0.147. The molecule has 2 saturated heterocycles. The van der Waals surface area contributed by atoms with E-state index in [1.807, 2.05) is 0 Å². The maximum atomic E-state index is 13.0. The molecule has 1 N–H and O–H groups in total. The highest BCUT2D eigenvalue weighted by Crippen LogP contribution is 2.44. The minimum Gasteiger partial charge on any atom is -0.482 e. The zero-order valence-corrected chi connectivity index (χ0v) is 17.1. The van der Waals surface area contributed by atoms with Crippen LogP contribution >= 0.6 is 0 Å². The summed E-state index contributed by atoms with van der Waals surface area (Å²) in [6, 6.07) is 4.28. The van der Waals surface area contributed by atoms with Crippen LogP contribution in [0.1, 0.15) is 36.5 Å². The topological polar surface area (TPSA) is 107 Å². The van der Waals surface area contributed by atoms with Crippen LogP contribution < -0.4 is 9.64 Å². The molecule has 1 aromatic carbocycles. The Labute approximate surface area is 174 Å². The summed E-state index contributed by atoms with van der Waals surface area (Å²) >= 11 is 0. The number of rotatable bonds is 2. The van der Waals surface area contributed by atoms with Gasteiger partial charge in [0.05, 0.1) is 5.69 Å². The minimum atomic E-state index is -0.976. The lowest BCUT2D eigenvalue weighted by atomic mass is 9.76. The number of aliphatic carboxylic acids is 1. The number of benzene rings is 1. The fourth-order valence-corrected chi connectivity index (χ4v) is 4.74. The quantitative estimate of drug-likeness (QED) is 0.771. The Morgan fingerprint density at radius 1 is 1.20 bits per heavy atom. The Morgan fingerprint density at radius 3 is 2.50 bits per heavy atom. The standard InChI is InChI=1S/C21H25N3O6/c1-13(25)24-12-21(10-16(24)20(28)29)5-7-23(8-6-21)19(27)14-3-4-17-15(9-14)22(2)18(26)11-30-17/h3-4,9,16H,5-8,10-12H2,1-2H3,(H,28,29). The van der Waals surface area contributed by atoms with Crippen molar-refractivity contribution in [3.05, 3.63) is 23.8 Å². The first-order valence-corrected chi connectivity index (χ1v) is 10.0. The Morgan fingerprint density at radius 2 is 1.90 bits per heavy atom.